The number of rotatable bonds is 5. The second-order valence-corrected chi connectivity index (χ2v) is 5.99. The van der Waals surface area contributed by atoms with Gasteiger partial charge >= 0.3 is 5.97 Å². The van der Waals surface area contributed by atoms with Crippen molar-refractivity contribution in [2.75, 3.05) is 24.4 Å². The van der Waals surface area contributed by atoms with Gasteiger partial charge in [-0.2, -0.15) is 0 Å². The van der Waals surface area contributed by atoms with Crippen molar-refractivity contribution in [3.05, 3.63) is 53.1 Å². The third kappa shape index (κ3) is 3.42. The highest BCUT2D eigenvalue weighted by atomic mass is 16.5. The number of ether oxygens (including phenoxy) is 1. The van der Waals surface area contributed by atoms with Crippen LogP contribution >= 0.6 is 0 Å². The van der Waals surface area contributed by atoms with Crippen molar-refractivity contribution in [2.24, 2.45) is 0 Å². The molecule has 0 saturated carbocycles. The third-order valence-electron chi connectivity index (χ3n) is 4.42. The quantitative estimate of drug-likeness (QED) is 0.875. The lowest BCUT2D eigenvalue weighted by molar-refractivity contribution is -0.118. The Morgan fingerprint density at radius 2 is 2.04 bits per heavy atom. The Balaban J connectivity index is 1.79. The molecule has 3 rings (SSSR count). The zero-order chi connectivity index (χ0) is 18.0. The molecule has 0 bridgehead atoms. The van der Waals surface area contributed by atoms with Crippen molar-refractivity contribution in [2.45, 2.75) is 19.4 Å². The van der Waals surface area contributed by atoms with Gasteiger partial charge in [-0.1, -0.05) is 12.1 Å². The van der Waals surface area contributed by atoms with E-state index in [1.54, 1.807) is 31.2 Å². The van der Waals surface area contributed by atoms with E-state index in [1.807, 2.05) is 12.1 Å². The maximum absolute atomic E-state index is 11.8. The lowest BCUT2D eigenvalue weighted by atomic mass is 9.99. The van der Waals surface area contributed by atoms with Crippen molar-refractivity contribution in [1.82, 2.24) is 0 Å². The molecule has 1 aliphatic rings. The first-order valence-electron chi connectivity index (χ1n) is 8.03. The number of fused-ring (bicyclic) bond motifs is 1. The minimum Gasteiger partial charge on any atom is -0.495 e. The molecule has 0 saturated heterocycles. The highest BCUT2D eigenvalue weighted by Gasteiger charge is 2.20. The van der Waals surface area contributed by atoms with Crippen LogP contribution in [0.1, 0.15) is 27.9 Å². The second-order valence-electron chi connectivity index (χ2n) is 5.99. The summed E-state index contributed by atoms with van der Waals surface area (Å²) < 4.78 is 5.29. The van der Waals surface area contributed by atoms with Gasteiger partial charge in [-0.3, -0.25) is 4.79 Å². The molecular formula is C19H20N2O4. The summed E-state index contributed by atoms with van der Waals surface area (Å²) in [5.74, 6) is -0.255. The van der Waals surface area contributed by atoms with E-state index in [0.29, 0.717) is 24.4 Å². The molecular weight excluding hydrogens is 320 g/mol. The molecule has 1 amide bonds. The summed E-state index contributed by atoms with van der Waals surface area (Å²) in [7, 11) is 3.34. The van der Waals surface area contributed by atoms with Gasteiger partial charge in [0.1, 0.15) is 5.75 Å². The Morgan fingerprint density at radius 3 is 2.76 bits per heavy atom. The minimum atomic E-state index is -0.979. The van der Waals surface area contributed by atoms with Gasteiger partial charge in [0, 0.05) is 25.7 Å². The van der Waals surface area contributed by atoms with Crippen molar-refractivity contribution < 1.29 is 19.4 Å². The lowest BCUT2D eigenvalue weighted by Crippen LogP contribution is -2.31. The molecule has 1 heterocycles. The van der Waals surface area contributed by atoms with Crippen molar-refractivity contribution >= 4 is 23.3 Å². The molecule has 2 aromatic rings. The highest BCUT2D eigenvalue weighted by Crippen LogP contribution is 2.29. The molecule has 0 radical (unpaired) electrons. The van der Waals surface area contributed by atoms with E-state index >= 15 is 0 Å². The minimum absolute atomic E-state index is 0.133. The van der Waals surface area contributed by atoms with Crippen molar-refractivity contribution in [3.63, 3.8) is 0 Å². The average Bonchev–Trinajstić information content (AvgIpc) is 2.62. The van der Waals surface area contributed by atoms with Crippen molar-refractivity contribution in [1.29, 1.82) is 0 Å². The van der Waals surface area contributed by atoms with Crippen LogP contribution in [-0.2, 0) is 17.8 Å². The number of methoxy groups -OCH3 is 1. The summed E-state index contributed by atoms with van der Waals surface area (Å²) in [6.07, 6.45) is 1.26. The smallest absolute Gasteiger partial charge is 0.335 e. The summed E-state index contributed by atoms with van der Waals surface area (Å²) in [4.78, 5) is 24.6. The van der Waals surface area contributed by atoms with Crippen LogP contribution in [-0.4, -0.2) is 31.1 Å². The number of carboxylic acids is 1. The Labute approximate surface area is 146 Å². The summed E-state index contributed by atoms with van der Waals surface area (Å²) >= 11 is 0. The number of amides is 1. The zero-order valence-electron chi connectivity index (χ0n) is 14.2. The third-order valence-corrected chi connectivity index (χ3v) is 4.42. The fraction of sp³-hybridized carbons (Fsp3) is 0.263. The Morgan fingerprint density at radius 1 is 1.24 bits per heavy atom. The molecule has 1 aliphatic heterocycles. The monoisotopic (exact) mass is 340 g/mol. The van der Waals surface area contributed by atoms with Crippen LogP contribution in [0, 0.1) is 0 Å². The Hall–Kier alpha value is -3.02. The first-order valence-corrected chi connectivity index (χ1v) is 8.03. The topological polar surface area (TPSA) is 78.9 Å². The summed E-state index contributed by atoms with van der Waals surface area (Å²) in [6.45, 7) is 0.532. The molecule has 0 spiro atoms. The van der Waals surface area contributed by atoms with E-state index in [0.717, 1.165) is 23.2 Å². The van der Waals surface area contributed by atoms with E-state index < -0.39 is 5.97 Å². The molecule has 6 heteroatoms. The lowest BCUT2D eigenvalue weighted by Gasteiger charge is -2.26. The van der Waals surface area contributed by atoms with Crippen molar-refractivity contribution in [3.8, 4) is 5.75 Å². The summed E-state index contributed by atoms with van der Waals surface area (Å²) in [5.41, 5.74) is 3.99. The predicted octanol–water partition coefficient (Wildman–Crippen LogP) is 2.91. The van der Waals surface area contributed by atoms with Gasteiger partial charge < -0.3 is 20.1 Å². The molecule has 0 aliphatic carbocycles. The number of nitrogens with zero attached hydrogens (tertiary/aromatic N) is 1. The molecule has 2 aromatic carbocycles. The number of aromatic carboxylic acids is 1. The normalized spacial score (nSPS) is 13.4. The van der Waals surface area contributed by atoms with E-state index in [2.05, 4.69) is 11.4 Å². The van der Waals surface area contributed by atoms with E-state index in [-0.39, 0.29) is 11.5 Å². The number of hydrogen-bond acceptors (Lipinski definition) is 4. The van der Waals surface area contributed by atoms with Crippen LogP contribution in [0.5, 0.6) is 5.75 Å². The number of benzene rings is 2. The number of hydrogen-bond donors (Lipinski definition) is 2. The number of aryl methyl sites for hydroxylation is 1. The molecule has 25 heavy (non-hydrogen) atoms. The van der Waals surface area contributed by atoms with Crippen LogP contribution in [0.4, 0.5) is 11.4 Å². The average molecular weight is 340 g/mol. The molecule has 2 N–H and O–H groups in total. The van der Waals surface area contributed by atoms with Gasteiger partial charge in [-0.15, -0.1) is 0 Å². The van der Waals surface area contributed by atoms with Crippen LogP contribution in [0.25, 0.3) is 0 Å². The molecule has 0 aromatic heterocycles. The van der Waals surface area contributed by atoms with Gasteiger partial charge in [0.15, 0.2) is 0 Å². The number of carbonyl (C=O) groups excluding carboxylic acids is 1. The van der Waals surface area contributed by atoms with Crippen LogP contribution in [0.3, 0.4) is 0 Å². The molecule has 6 nitrogen and oxygen atoms in total. The van der Waals surface area contributed by atoms with Crippen LogP contribution in [0.15, 0.2) is 36.4 Å². The van der Waals surface area contributed by atoms with Gasteiger partial charge in [-0.25, -0.2) is 4.79 Å². The first kappa shape index (κ1) is 16.8. The fourth-order valence-corrected chi connectivity index (χ4v) is 3.00. The predicted molar refractivity (Wildman–Crippen MR) is 95.5 cm³/mol. The number of anilines is 2. The molecule has 0 fully saturated rings. The fourth-order valence-electron chi connectivity index (χ4n) is 3.00. The standard InChI is InChI=1S/C19H20N2O4/c1-21-16-6-3-12(9-13(16)5-8-18(21)22)11-20-15-10-14(19(23)24)4-7-17(15)25-2/h3-4,6-7,9-10,20H,5,8,11H2,1-2H3,(H,23,24). The van der Waals surface area contributed by atoms with Crippen LogP contribution < -0.4 is 15.0 Å². The van der Waals surface area contributed by atoms with E-state index in [4.69, 9.17) is 9.84 Å². The van der Waals surface area contributed by atoms with Gasteiger partial charge in [-0.05, 0) is 41.8 Å². The van der Waals surface area contributed by atoms with Gasteiger partial charge in [0.25, 0.3) is 0 Å². The van der Waals surface area contributed by atoms with E-state index in [1.165, 1.54) is 6.07 Å². The summed E-state index contributed by atoms with van der Waals surface area (Å²) in [6, 6.07) is 10.7. The molecule has 0 atom stereocenters. The van der Waals surface area contributed by atoms with Crippen LogP contribution in [0.2, 0.25) is 0 Å². The number of nitrogens with one attached hydrogen (secondary N) is 1. The van der Waals surface area contributed by atoms with E-state index in [9.17, 15) is 9.59 Å². The largest absolute Gasteiger partial charge is 0.495 e. The first-order chi connectivity index (χ1) is 12.0. The Bertz CT molecular complexity index is 832. The van der Waals surface area contributed by atoms with Gasteiger partial charge in [0.2, 0.25) is 5.91 Å². The zero-order valence-corrected chi connectivity index (χ0v) is 14.2. The maximum atomic E-state index is 11.8. The number of carbonyl (C=O) groups is 2. The molecule has 130 valence electrons. The summed E-state index contributed by atoms with van der Waals surface area (Å²) in [5, 5.41) is 12.4. The maximum Gasteiger partial charge on any atom is 0.335 e. The molecule has 0 unspecified atom stereocenters. The number of carboxylic acid groups (broad SMARTS) is 1. The second kappa shape index (κ2) is 6.84. The Kier molecular flexibility index (Phi) is 4.61. The highest BCUT2D eigenvalue weighted by molar-refractivity contribution is 5.95. The SMILES string of the molecule is COc1ccc(C(=O)O)cc1NCc1ccc2c(c1)CCC(=O)N2C. The van der Waals surface area contributed by atoms with Gasteiger partial charge in [0.05, 0.1) is 18.4 Å².